The van der Waals surface area contributed by atoms with Crippen molar-refractivity contribution in [1.82, 2.24) is 14.9 Å². The largest absolute Gasteiger partial charge is 0.379 e. The second kappa shape index (κ2) is 10.5. The van der Waals surface area contributed by atoms with E-state index in [2.05, 4.69) is 30.8 Å². The normalized spacial score (nSPS) is 14.2. The Hall–Kier alpha value is -3.31. The molecule has 1 amide bonds. The second-order valence-corrected chi connectivity index (χ2v) is 6.79. The number of carbonyl (C=O) groups excluding carboxylic acids is 1. The number of nitrogens with one attached hydrogen (secondary N) is 3. The summed E-state index contributed by atoms with van der Waals surface area (Å²) in [5.74, 6) is 0.0961. The molecule has 0 saturated carbocycles. The third-order valence-electron chi connectivity index (χ3n) is 4.52. The van der Waals surface area contributed by atoms with Crippen molar-refractivity contribution in [1.29, 1.82) is 0 Å². The number of anilines is 4. The molecule has 1 saturated heterocycles. The van der Waals surface area contributed by atoms with Gasteiger partial charge in [0, 0.05) is 37.9 Å². The molecule has 1 aromatic heterocycles. The van der Waals surface area contributed by atoms with Crippen LogP contribution in [0.4, 0.5) is 28.7 Å². The molecule has 1 aliphatic rings. The molecule has 1 aromatic carbocycles. The highest BCUT2D eigenvalue weighted by Crippen LogP contribution is 2.31. The minimum atomic E-state index is -0.502. The highest BCUT2D eigenvalue weighted by Gasteiger charge is 2.23. The van der Waals surface area contributed by atoms with Crippen molar-refractivity contribution >= 4 is 34.6 Å². The molecule has 0 aliphatic carbocycles. The Bertz CT molecular complexity index is 870. The summed E-state index contributed by atoms with van der Waals surface area (Å²) in [7, 11) is 0. The number of nitrogens with zero attached hydrogens (tertiary/aromatic N) is 4. The molecular weight excluding hydrogens is 390 g/mol. The first-order chi connectivity index (χ1) is 14.5. The summed E-state index contributed by atoms with van der Waals surface area (Å²) in [6.07, 6.45) is 2.11. The molecule has 0 unspecified atom stereocenters. The van der Waals surface area contributed by atoms with E-state index in [-0.39, 0.29) is 23.2 Å². The zero-order chi connectivity index (χ0) is 21.3. The van der Waals surface area contributed by atoms with Crippen molar-refractivity contribution in [2.75, 3.05) is 55.3 Å². The van der Waals surface area contributed by atoms with Crippen LogP contribution in [-0.4, -0.2) is 65.1 Å². The number of rotatable bonds is 9. The van der Waals surface area contributed by atoms with E-state index in [1.165, 1.54) is 13.3 Å². The lowest BCUT2D eigenvalue weighted by molar-refractivity contribution is -0.383. The lowest BCUT2D eigenvalue weighted by atomic mass is 10.2. The van der Waals surface area contributed by atoms with Crippen molar-refractivity contribution in [3.8, 4) is 0 Å². The third-order valence-corrected chi connectivity index (χ3v) is 4.52. The average molecular weight is 415 g/mol. The second-order valence-electron chi connectivity index (χ2n) is 6.79. The van der Waals surface area contributed by atoms with E-state index in [0.717, 1.165) is 39.3 Å². The topological polar surface area (TPSA) is 135 Å². The van der Waals surface area contributed by atoms with Gasteiger partial charge in [0.25, 0.3) is 0 Å². The number of benzene rings is 1. The minimum absolute atomic E-state index is 0.0953. The number of morpholine rings is 1. The summed E-state index contributed by atoms with van der Waals surface area (Å²) >= 11 is 0. The van der Waals surface area contributed by atoms with Crippen molar-refractivity contribution in [3.05, 3.63) is 40.7 Å². The SMILES string of the molecule is CC(=O)Nc1ccc(Nc2ncnc(NCCCN3CCOCC3)c2[N+](=O)[O-])cc1. The van der Waals surface area contributed by atoms with Crippen LogP contribution in [0.25, 0.3) is 0 Å². The molecule has 0 bridgehead atoms. The highest BCUT2D eigenvalue weighted by molar-refractivity contribution is 5.89. The quantitative estimate of drug-likeness (QED) is 0.320. The maximum atomic E-state index is 11.7. The summed E-state index contributed by atoms with van der Waals surface area (Å²) in [5.41, 5.74) is 1.02. The van der Waals surface area contributed by atoms with E-state index in [1.807, 2.05) is 0 Å². The Balaban J connectivity index is 1.63. The van der Waals surface area contributed by atoms with Crippen LogP contribution in [0.5, 0.6) is 0 Å². The fourth-order valence-corrected chi connectivity index (χ4v) is 3.08. The number of amides is 1. The molecule has 11 nitrogen and oxygen atoms in total. The van der Waals surface area contributed by atoms with Gasteiger partial charge >= 0.3 is 5.69 Å². The van der Waals surface area contributed by atoms with Gasteiger partial charge in [-0.15, -0.1) is 0 Å². The maximum absolute atomic E-state index is 11.7. The lowest BCUT2D eigenvalue weighted by Gasteiger charge is -2.26. The molecule has 1 fully saturated rings. The first-order valence-electron chi connectivity index (χ1n) is 9.71. The average Bonchev–Trinajstić information content (AvgIpc) is 2.73. The third kappa shape index (κ3) is 6.09. The first kappa shape index (κ1) is 21.4. The molecule has 1 aliphatic heterocycles. The van der Waals surface area contributed by atoms with Crippen molar-refractivity contribution < 1.29 is 14.5 Å². The molecule has 160 valence electrons. The molecule has 30 heavy (non-hydrogen) atoms. The Kier molecular flexibility index (Phi) is 7.46. The maximum Gasteiger partial charge on any atom is 0.353 e. The van der Waals surface area contributed by atoms with Gasteiger partial charge < -0.3 is 20.7 Å². The molecule has 2 aromatic rings. The van der Waals surface area contributed by atoms with Crippen LogP contribution in [0, 0.1) is 10.1 Å². The van der Waals surface area contributed by atoms with Gasteiger partial charge in [-0.05, 0) is 37.2 Å². The number of carbonyl (C=O) groups is 1. The number of hydrogen-bond acceptors (Lipinski definition) is 9. The highest BCUT2D eigenvalue weighted by atomic mass is 16.6. The molecule has 0 radical (unpaired) electrons. The predicted molar refractivity (Wildman–Crippen MR) is 113 cm³/mol. The number of aromatic nitrogens is 2. The zero-order valence-electron chi connectivity index (χ0n) is 16.8. The minimum Gasteiger partial charge on any atom is -0.379 e. The molecule has 3 rings (SSSR count). The number of ether oxygens (including phenoxy) is 1. The van der Waals surface area contributed by atoms with E-state index in [0.29, 0.717) is 17.9 Å². The Morgan fingerprint density at radius 1 is 1.17 bits per heavy atom. The van der Waals surface area contributed by atoms with Gasteiger partial charge in [-0.3, -0.25) is 19.8 Å². The summed E-state index contributed by atoms with van der Waals surface area (Å²) in [4.78, 5) is 32.7. The molecule has 11 heteroatoms. The summed E-state index contributed by atoms with van der Waals surface area (Å²) in [5, 5.41) is 20.3. The van der Waals surface area contributed by atoms with Crippen molar-refractivity contribution in [2.45, 2.75) is 13.3 Å². The van der Waals surface area contributed by atoms with Crippen molar-refractivity contribution in [3.63, 3.8) is 0 Å². The van der Waals surface area contributed by atoms with Gasteiger partial charge in [-0.25, -0.2) is 9.97 Å². The molecule has 0 spiro atoms. The van der Waals surface area contributed by atoms with Gasteiger partial charge in [0.05, 0.1) is 18.1 Å². The first-order valence-corrected chi connectivity index (χ1v) is 9.71. The van der Waals surface area contributed by atoms with Crippen molar-refractivity contribution in [2.24, 2.45) is 0 Å². The fourth-order valence-electron chi connectivity index (χ4n) is 3.08. The Morgan fingerprint density at radius 3 is 2.50 bits per heavy atom. The molecule has 2 heterocycles. The summed E-state index contributed by atoms with van der Waals surface area (Å²) < 4.78 is 5.33. The van der Waals surface area contributed by atoms with Gasteiger partial charge in [-0.1, -0.05) is 0 Å². The Labute approximate surface area is 174 Å². The van der Waals surface area contributed by atoms with Crippen LogP contribution in [0.15, 0.2) is 30.6 Å². The zero-order valence-corrected chi connectivity index (χ0v) is 16.8. The molecule has 0 atom stereocenters. The van der Waals surface area contributed by atoms with Crippen LogP contribution in [0.1, 0.15) is 13.3 Å². The molecular formula is C19H25N7O4. The van der Waals surface area contributed by atoms with Crippen LogP contribution in [0.2, 0.25) is 0 Å². The van der Waals surface area contributed by atoms with Crippen LogP contribution in [0.3, 0.4) is 0 Å². The van der Waals surface area contributed by atoms with Crippen LogP contribution >= 0.6 is 0 Å². The van der Waals surface area contributed by atoms with Gasteiger partial charge in [-0.2, -0.15) is 0 Å². The summed E-state index contributed by atoms with van der Waals surface area (Å²) in [6, 6.07) is 6.79. The van der Waals surface area contributed by atoms with E-state index >= 15 is 0 Å². The number of hydrogen-bond donors (Lipinski definition) is 3. The molecule has 3 N–H and O–H groups in total. The lowest BCUT2D eigenvalue weighted by Crippen LogP contribution is -2.37. The van der Waals surface area contributed by atoms with Crippen LogP contribution in [-0.2, 0) is 9.53 Å². The Morgan fingerprint density at radius 2 is 1.83 bits per heavy atom. The van der Waals surface area contributed by atoms with E-state index in [4.69, 9.17) is 4.74 Å². The van der Waals surface area contributed by atoms with Gasteiger partial charge in [0.2, 0.25) is 17.5 Å². The fraction of sp³-hybridized carbons (Fsp3) is 0.421. The van der Waals surface area contributed by atoms with Gasteiger partial charge in [0.1, 0.15) is 6.33 Å². The van der Waals surface area contributed by atoms with Crippen LogP contribution < -0.4 is 16.0 Å². The monoisotopic (exact) mass is 415 g/mol. The summed E-state index contributed by atoms with van der Waals surface area (Å²) in [6.45, 7) is 6.16. The smallest absolute Gasteiger partial charge is 0.353 e. The van der Waals surface area contributed by atoms with E-state index < -0.39 is 4.92 Å². The predicted octanol–water partition coefficient (Wildman–Crippen LogP) is 2.22. The van der Waals surface area contributed by atoms with Gasteiger partial charge in [0.15, 0.2) is 0 Å². The van der Waals surface area contributed by atoms with E-state index in [9.17, 15) is 14.9 Å². The number of nitro groups is 1. The van der Waals surface area contributed by atoms with E-state index in [1.54, 1.807) is 24.3 Å². The standard InChI is InChI=1S/C19H25N7O4/c1-14(27)23-15-3-5-16(6-4-15)24-19-17(26(28)29)18(21-13-22-19)20-7-2-8-25-9-11-30-12-10-25/h3-6,13H,2,7-12H2,1H3,(H,23,27)(H2,20,21,22,24).